The number of hydrogen-bond donors (Lipinski definition) is 1. The Labute approximate surface area is 132 Å². The quantitative estimate of drug-likeness (QED) is 0.809. The van der Waals surface area contributed by atoms with E-state index in [1.165, 1.54) is 31.2 Å². The summed E-state index contributed by atoms with van der Waals surface area (Å²) in [5, 5.41) is 5.22. The van der Waals surface area contributed by atoms with E-state index in [9.17, 15) is 0 Å². The molecule has 0 amide bonds. The SMILES string of the molecule is CC(C)(C)NCC1(c2ccc(Cl)cc2Cl)CC2(CC2)C1. The van der Waals surface area contributed by atoms with Crippen LogP contribution in [0.3, 0.4) is 0 Å². The van der Waals surface area contributed by atoms with E-state index in [1.54, 1.807) is 0 Å². The lowest BCUT2D eigenvalue weighted by atomic mass is 9.56. The second kappa shape index (κ2) is 4.63. The minimum absolute atomic E-state index is 0.137. The van der Waals surface area contributed by atoms with Crippen molar-refractivity contribution in [2.45, 2.75) is 57.4 Å². The monoisotopic (exact) mass is 311 g/mol. The van der Waals surface area contributed by atoms with Gasteiger partial charge in [-0.1, -0.05) is 29.3 Å². The molecule has 1 aromatic rings. The Morgan fingerprint density at radius 2 is 1.80 bits per heavy atom. The second-order valence-electron chi connectivity index (χ2n) is 7.86. The lowest BCUT2D eigenvalue weighted by molar-refractivity contribution is 0.108. The molecule has 1 nitrogen and oxygen atoms in total. The molecule has 2 saturated carbocycles. The normalized spacial score (nSPS) is 22.6. The molecule has 0 radical (unpaired) electrons. The third-order valence-electron chi connectivity index (χ3n) is 4.84. The molecule has 2 aliphatic rings. The van der Waals surface area contributed by atoms with E-state index in [0.29, 0.717) is 5.41 Å². The maximum atomic E-state index is 6.48. The number of nitrogens with one attached hydrogen (secondary N) is 1. The Morgan fingerprint density at radius 3 is 2.30 bits per heavy atom. The van der Waals surface area contributed by atoms with Crippen LogP contribution in [0.5, 0.6) is 0 Å². The number of rotatable bonds is 3. The van der Waals surface area contributed by atoms with E-state index < -0.39 is 0 Å². The molecule has 0 bridgehead atoms. The van der Waals surface area contributed by atoms with Gasteiger partial charge in [0, 0.05) is 27.5 Å². The first kappa shape index (κ1) is 14.7. The highest BCUT2D eigenvalue weighted by Gasteiger charge is 2.61. The van der Waals surface area contributed by atoms with E-state index >= 15 is 0 Å². The average molecular weight is 312 g/mol. The standard InChI is InChI=1S/C17H23Cl2N/c1-15(2,3)20-11-17(9-16(10-17)6-7-16)13-5-4-12(18)8-14(13)19/h4-5,8,20H,6-7,9-11H2,1-3H3. The van der Waals surface area contributed by atoms with Crippen molar-refractivity contribution in [1.29, 1.82) is 0 Å². The van der Waals surface area contributed by atoms with Gasteiger partial charge in [-0.2, -0.15) is 0 Å². The van der Waals surface area contributed by atoms with Gasteiger partial charge in [0.2, 0.25) is 0 Å². The lowest BCUT2D eigenvalue weighted by Gasteiger charge is -2.51. The highest BCUT2D eigenvalue weighted by atomic mass is 35.5. The summed E-state index contributed by atoms with van der Waals surface area (Å²) >= 11 is 12.5. The molecule has 1 aromatic carbocycles. The first-order valence-corrected chi connectivity index (χ1v) is 8.20. The van der Waals surface area contributed by atoms with Crippen LogP contribution in [0, 0.1) is 5.41 Å². The van der Waals surface area contributed by atoms with Gasteiger partial charge in [-0.05, 0) is 69.6 Å². The minimum atomic E-state index is 0.137. The summed E-state index contributed by atoms with van der Waals surface area (Å²) < 4.78 is 0. The van der Waals surface area contributed by atoms with E-state index in [1.807, 2.05) is 12.1 Å². The zero-order chi connectivity index (χ0) is 14.6. The molecule has 1 spiro atoms. The maximum absolute atomic E-state index is 6.48. The molecule has 3 heteroatoms. The van der Waals surface area contributed by atoms with E-state index in [2.05, 4.69) is 32.2 Å². The first-order chi connectivity index (χ1) is 9.24. The molecule has 20 heavy (non-hydrogen) atoms. The van der Waals surface area contributed by atoms with Crippen molar-refractivity contribution in [3.63, 3.8) is 0 Å². The molecule has 0 aromatic heterocycles. The molecule has 0 unspecified atom stereocenters. The van der Waals surface area contributed by atoms with Gasteiger partial charge in [0.1, 0.15) is 0 Å². The van der Waals surface area contributed by atoms with Crippen molar-refractivity contribution in [1.82, 2.24) is 5.32 Å². The molecule has 2 fully saturated rings. The maximum Gasteiger partial charge on any atom is 0.0458 e. The number of halogens is 2. The minimum Gasteiger partial charge on any atom is -0.311 e. The summed E-state index contributed by atoms with van der Waals surface area (Å²) in [6.07, 6.45) is 5.33. The van der Waals surface area contributed by atoms with Crippen LogP contribution in [0.1, 0.15) is 52.0 Å². The van der Waals surface area contributed by atoms with Gasteiger partial charge in [0.15, 0.2) is 0 Å². The van der Waals surface area contributed by atoms with Crippen LogP contribution in [0.2, 0.25) is 10.0 Å². The summed E-state index contributed by atoms with van der Waals surface area (Å²) in [6, 6.07) is 5.99. The van der Waals surface area contributed by atoms with Crippen molar-refractivity contribution in [3.8, 4) is 0 Å². The van der Waals surface area contributed by atoms with Gasteiger partial charge < -0.3 is 5.32 Å². The van der Waals surface area contributed by atoms with Crippen LogP contribution < -0.4 is 5.32 Å². The van der Waals surface area contributed by atoms with E-state index in [-0.39, 0.29) is 11.0 Å². The van der Waals surface area contributed by atoms with Gasteiger partial charge in [-0.15, -0.1) is 0 Å². The summed E-state index contributed by atoms with van der Waals surface area (Å²) in [6.45, 7) is 7.65. The molecular formula is C17H23Cl2N. The van der Waals surface area contributed by atoms with E-state index in [0.717, 1.165) is 16.6 Å². The topological polar surface area (TPSA) is 12.0 Å². The van der Waals surface area contributed by atoms with Crippen molar-refractivity contribution in [2.24, 2.45) is 5.41 Å². The predicted molar refractivity (Wildman–Crippen MR) is 86.8 cm³/mol. The summed E-state index contributed by atoms with van der Waals surface area (Å²) in [4.78, 5) is 0. The summed E-state index contributed by atoms with van der Waals surface area (Å²) in [7, 11) is 0. The fourth-order valence-corrected chi connectivity index (χ4v) is 4.29. The third-order valence-corrected chi connectivity index (χ3v) is 5.39. The summed E-state index contributed by atoms with van der Waals surface area (Å²) in [5.74, 6) is 0. The van der Waals surface area contributed by atoms with Crippen molar-refractivity contribution in [2.75, 3.05) is 6.54 Å². The fourth-order valence-electron chi connectivity index (χ4n) is 3.68. The summed E-state index contributed by atoms with van der Waals surface area (Å²) in [5.41, 5.74) is 2.25. The van der Waals surface area contributed by atoms with Crippen molar-refractivity contribution >= 4 is 23.2 Å². The van der Waals surface area contributed by atoms with Crippen LogP contribution in [-0.2, 0) is 5.41 Å². The average Bonchev–Trinajstić information content (AvgIpc) is 3.04. The highest BCUT2D eigenvalue weighted by molar-refractivity contribution is 6.35. The van der Waals surface area contributed by atoms with Crippen LogP contribution in [0.4, 0.5) is 0 Å². The zero-order valence-corrected chi connectivity index (χ0v) is 14.0. The zero-order valence-electron chi connectivity index (χ0n) is 12.5. The molecule has 2 aliphatic carbocycles. The molecule has 0 atom stereocenters. The van der Waals surface area contributed by atoms with Crippen LogP contribution in [0.25, 0.3) is 0 Å². The molecule has 110 valence electrons. The molecule has 0 saturated heterocycles. The second-order valence-corrected chi connectivity index (χ2v) is 8.71. The number of benzene rings is 1. The Morgan fingerprint density at radius 1 is 1.15 bits per heavy atom. The van der Waals surface area contributed by atoms with Gasteiger partial charge in [0.05, 0.1) is 0 Å². The van der Waals surface area contributed by atoms with Gasteiger partial charge in [-0.3, -0.25) is 0 Å². The van der Waals surface area contributed by atoms with Gasteiger partial charge >= 0.3 is 0 Å². The molecule has 1 N–H and O–H groups in total. The molecular weight excluding hydrogens is 289 g/mol. The molecule has 0 heterocycles. The van der Waals surface area contributed by atoms with Gasteiger partial charge in [-0.25, -0.2) is 0 Å². The Bertz CT molecular complexity index is 518. The molecule has 3 rings (SSSR count). The van der Waals surface area contributed by atoms with Crippen LogP contribution in [-0.4, -0.2) is 12.1 Å². The van der Waals surface area contributed by atoms with E-state index in [4.69, 9.17) is 23.2 Å². The first-order valence-electron chi connectivity index (χ1n) is 7.44. The number of hydrogen-bond acceptors (Lipinski definition) is 1. The van der Waals surface area contributed by atoms with Gasteiger partial charge in [0.25, 0.3) is 0 Å². The Balaban J connectivity index is 1.86. The predicted octanol–water partition coefficient (Wildman–Crippen LogP) is 5.19. The smallest absolute Gasteiger partial charge is 0.0458 e. The van der Waals surface area contributed by atoms with Crippen molar-refractivity contribution in [3.05, 3.63) is 33.8 Å². The highest BCUT2D eigenvalue weighted by Crippen LogP contribution is 2.69. The largest absolute Gasteiger partial charge is 0.311 e. The lowest BCUT2D eigenvalue weighted by Crippen LogP contribution is -2.53. The van der Waals surface area contributed by atoms with Crippen LogP contribution >= 0.6 is 23.2 Å². The van der Waals surface area contributed by atoms with Crippen LogP contribution in [0.15, 0.2) is 18.2 Å². The fraction of sp³-hybridized carbons (Fsp3) is 0.647. The molecule has 0 aliphatic heterocycles. The third kappa shape index (κ3) is 2.73. The Hall–Kier alpha value is -0.240. The Kier molecular flexibility index (Phi) is 3.40. The van der Waals surface area contributed by atoms with Crippen molar-refractivity contribution < 1.29 is 0 Å².